The molecule has 0 heterocycles. The number of ether oxygens (including phenoxy) is 1. The SMILES string of the molecule is COCC[AsH]C. The molecule has 0 aliphatic heterocycles. The molecule has 0 bridgehead atoms. The molecule has 0 aromatic heterocycles. The molecule has 0 spiro atoms. The molecule has 0 saturated carbocycles. The van der Waals surface area contributed by atoms with Crippen LogP contribution in [-0.2, 0) is 4.74 Å². The van der Waals surface area contributed by atoms with Gasteiger partial charge in [0.2, 0.25) is 0 Å². The van der Waals surface area contributed by atoms with E-state index in [1.54, 1.807) is 7.11 Å². The predicted octanol–water partition coefficient (Wildman–Crippen LogP) is 0.536. The predicted molar refractivity (Wildman–Crippen MR) is 29.7 cm³/mol. The Hall–Kier alpha value is 0.518. The van der Waals surface area contributed by atoms with E-state index >= 15 is 0 Å². The standard InChI is InChI=1S/C4H11AsO/c1-5-3-4-6-2/h5H,3-4H2,1-2H3. The molecule has 0 aliphatic rings. The van der Waals surface area contributed by atoms with Crippen LogP contribution in [-0.4, -0.2) is 29.5 Å². The van der Waals surface area contributed by atoms with E-state index in [0.717, 1.165) is 6.61 Å². The van der Waals surface area contributed by atoms with Gasteiger partial charge >= 0.3 is 45.1 Å². The summed E-state index contributed by atoms with van der Waals surface area (Å²) >= 11 is 0.373. The van der Waals surface area contributed by atoms with Gasteiger partial charge in [-0.3, -0.25) is 0 Å². The summed E-state index contributed by atoms with van der Waals surface area (Å²) < 4.78 is 4.81. The molecule has 0 aromatic carbocycles. The van der Waals surface area contributed by atoms with Crippen molar-refractivity contribution in [2.45, 2.75) is 10.9 Å². The first kappa shape index (κ1) is 6.52. The number of hydrogen-bond acceptors (Lipinski definition) is 1. The topological polar surface area (TPSA) is 9.23 Å². The first-order valence-corrected chi connectivity index (χ1v) is 5.63. The normalized spacial score (nSPS) is 11.0. The monoisotopic (exact) mass is 150 g/mol. The average molecular weight is 150 g/mol. The molecule has 0 saturated heterocycles. The quantitative estimate of drug-likeness (QED) is 0.421. The zero-order chi connectivity index (χ0) is 4.83. The van der Waals surface area contributed by atoms with E-state index in [2.05, 4.69) is 5.71 Å². The van der Waals surface area contributed by atoms with Crippen molar-refractivity contribution < 1.29 is 4.74 Å². The molecule has 0 N–H and O–H groups in total. The molecule has 1 nitrogen and oxygen atoms in total. The van der Waals surface area contributed by atoms with E-state index in [-0.39, 0.29) is 0 Å². The first-order valence-electron chi connectivity index (χ1n) is 2.05. The van der Waals surface area contributed by atoms with Gasteiger partial charge in [-0.15, -0.1) is 0 Å². The summed E-state index contributed by atoms with van der Waals surface area (Å²) in [6.45, 7) is 0.969. The Labute approximate surface area is 45.8 Å². The number of methoxy groups -OCH3 is 1. The van der Waals surface area contributed by atoms with Crippen LogP contribution >= 0.6 is 0 Å². The molecular weight excluding hydrogens is 139 g/mol. The summed E-state index contributed by atoms with van der Waals surface area (Å²) in [6.07, 6.45) is 0. The van der Waals surface area contributed by atoms with E-state index in [1.807, 2.05) is 0 Å². The summed E-state index contributed by atoms with van der Waals surface area (Å²) in [5, 5.41) is 1.32. The van der Waals surface area contributed by atoms with Crippen LogP contribution in [0.25, 0.3) is 0 Å². The van der Waals surface area contributed by atoms with Gasteiger partial charge in [0.05, 0.1) is 0 Å². The fraction of sp³-hybridized carbons (Fsp3) is 1.00. The van der Waals surface area contributed by atoms with Crippen LogP contribution < -0.4 is 0 Å². The molecule has 0 amide bonds. The molecule has 1 unspecified atom stereocenters. The van der Waals surface area contributed by atoms with Crippen LogP contribution in [0.2, 0.25) is 10.9 Å². The van der Waals surface area contributed by atoms with Crippen molar-refractivity contribution in [3.8, 4) is 0 Å². The third kappa shape index (κ3) is 4.52. The summed E-state index contributed by atoms with van der Waals surface area (Å²) in [6, 6.07) is 0. The fourth-order valence-electron chi connectivity index (χ4n) is 0.204. The number of rotatable bonds is 3. The molecule has 0 fully saturated rings. The molecule has 6 heavy (non-hydrogen) atoms. The second kappa shape index (κ2) is 5.52. The molecule has 1 atom stereocenters. The Morgan fingerprint density at radius 2 is 2.33 bits per heavy atom. The van der Waals surface area contributed by atoms with Crippen LogP contribution in [0.3, 0.4) is 0 Å². The Morgan fingerprint density at radius 3 is 2.50 bits per heavy atom. The molecule has 2 heteroatoms. The van der Waals surface area contributed by atoms with Crippen molar-refractivity contribution in [1.29, 1.82) is 0 Å². The van der Waals surface area contributed by atoms with Gasteiger partial charge in [-0.1, -0.05) is 0 Å². The Balaban J connectivity index is 2.34. The second-order valence-corrected chi connectivity index (χ2v) is 3.63. The van der Waals surface area contributed by atoms with Crippen molar-refractivity contribution in [1.82, 2.24) is 0 Å². The minimum absolute atomic E-state index is 0.373. The maximum atomic E-state index is 4.81. The molecule has 0 aromatic rings. The van der Waals surface area contributed by atoms with E-state index < -0.39 is 0 Å². The molecule has 0 radical (unpaired) electrons. The van der Waals surface area contributed by atoms with Gasteiger partial charge in [-0.25, -0.2) is 0 Å². The number of hydrogen-bond donors (Lipinski definition) is 0. The molecule has 0 rings (SSSR count). The minimum atomic E-state index is 0.373. The summed E-state index contributed by atoms with van der Waals surface area (Å²) in [5.74, 6) is 0. The molecule has 0 aliphatic carbocycles. The van der Waals surface area contributed by atoms with Gasteiger partial charge in [0.25, 0.3) is 0 Å². The first-order chi connectivity index (χ1) is 2.91. The van der Waals surface area contributed by atoms with E-state index in [9.17, 15) is 0 Å². The van der Waals surface area contributed by atoms with Gasteiger partial charge in [-0.2, -0.15) is 0 Å². The van der Waals surface area contributed by atoms with Crippen molar-refractivity contribution in [2.24, 2.45) is 0 Å². The zero-order valence-corrected chi connectivity index (χ0v) is 6.42. The Kier molecular flexibility index (Phi) is 6.00. The van der Waals surface area contributed by atoms with Crippen molar-refractivity contribution >= 4 is 15.8 Å². The summed E-state index contributed by atoms with van der Waals surface area (Å²) in [4.78, 5) is 0. The van der Waals surface area contributed by atoms with Gasteiger partial charge in [0, 0.05) is 0 Å². The third-order valence-electron chi connectivity index (χ3n) is 0.556. The van der Waals surface area contributed by atoms with Gasteiger partial charge < -0.3 is 0 Å². The Morgan fingerprint density at radius 1 is 1.67 bits per heavy atom. The van der Waals surface area contributed by atoms with Crippen LogP contribution in [0.5, 0.6) is 0 Å². The second-order valence-electron chi connectivity index (χ2n) is 1.10. The van der Waals surface area contributed by atoms with Crippen LogP contribution in [0.1, 0.15) is 0 Å². The fourth-order valence-corrected chi connectivity index (χ4v) is 1.06. The van der Waals surface area contributed by atoms with Crippen LogP contribution in [0.15, 0.2) is 0 Å². The summed E-state index contributed by atoms with van der Waals surface area (Å²) in [7, 11) is 1.75. The molecular formula is C4H11AsO. The van der Waals surface area contributed by atoms with Gasteiger partial charge in [0.1, 0.15) is 0 Å². The van der Waals surface area contributed by atoms with Crippen molar-refractivity contribution in [2.75, 3.05) is 13.7 Å². The third-order valence-corrected chi connectivity index (χ3v) is 2.03. The Bertz CT molecular complexity index is 19.5. The van der Waals surface area contributed by atoms with Gasteiger partial charge in [-0.05, 0) is 0 Å². The van der Waals surface area contributed by atoms with E-state index in [1.165, 1.54) is 5.21 Å². The van der Waals surface area contributed by atoms with E-state index in [0.29, 0.717) is 15.8 Å². The summed E-state index contributed by atoms with van der Waals surface area (Å²) in [5.41, 5.74) is 2.28. The molecule has 38 valence electrons. The van der Waals surface area contributed by atoms with Crippen LogP contribution in [0.4, 0.5) is 0 Å². The maximum absolute atomic E-state index is 4.81. The van der Waals surface area contributed by atoms with Crippen molar-refractivity contribution in [3.63, 3.8) is 0 Å². The average Bonchev–Trinajstić information content (AvgIpc) is 1.61. The zero-order valence-electron chi connectivity index (χ0n) is 4.32. The van der Waals surface area contributed by atoms with Crippen molar-refractivity contribution in [3.05, 3.63) is 0 Å². The van der Waals surface area contributed by atoms with Crippen LogP contribution in [0, 0.1) is 0 Å². The van der Waals surface area contributed by atoms with Gasteiger partial charge in [0.15, 0.2) is 0 Å². The van der Waals surface area contributed by atoms with E-state index in [4.69, 9.17) is 4.74 Å².